The first kappa shape index (κ1) is 15.2. The average molecular weight is 331 g/mol. The number of hydrogen-bond acceptors (Lipinski definition) is 2. The first-order valence-corrected chi connectivity index (χ1v) is 9.47. The van der Waals surface area contributed by atoms with Gasteiger partial charge in [0.15, 0.2) is 0 Å². The van der Waals surface area contributed by atoms with E-state index in [2.05, 4.69) is 49.8 Å². The van der Waals surface area contributed by atoms with Crippen LogP contribution in [0.15, 0.2) is 22.7 Å². The van der Waals surface area contributed by atoms with Crippen LogP contribution < -0.4 is 4.43 Å². The summed E-state index contributed by atoms with van der Waals surface area (Å²) >= 11 is 3.32. The van der Waals surface area contributed by atoms with Crippen molar-refractivity contribution in [2.45, 2.75) is 38.9 Å². The molecule has 0 aliphatic heterocycles. The van der Waals surface area contributed by atoms with Gasteiger partial charge in [-0.25, -0.2) is 4.79 Å². The molecule has 0 radical (unpaired) electrons. The molecule has 5 heteroatoms. The molecule has 0 spiro atoms. The summed E-state index contributed by atoms with van der Waals surface area (Å²) in [5.74, 6) is -0.343. The zero-order valence-electron chi connectivity index (χ0n) is 11.4. The summed E-state index contributed by atoms with van der Waals surface area (Å²) in [6.45, 7) is 10.7. The van der Waals surface area contributed by atoms with Crippen LogP contribution in [0.1, 0.15) is 31.1 Å². The van der Waals surface area contributed by atoms with Gasteiger partial charge < -0.3 is 9.53 Å². The van der Waals surface area contributed by atoms with Gasteiger partial charge in [-0.1, -0.05) is 26.8 Å². The first-order chi connectivity index (χ1) is 8.06. The third kappa shape index (κ3) is 3.14. The highest BCUT2D eigenvalue weighted by Crippen LogP contribution is 2.39. The normalized spacial score (nSPS) is 12.3. The number of rotatable bonds is 3. The van der Waals surface area contributed by atoms with Gasteiger partial charge in [-0.2, -0.15) is 0 Å². The third-order valence-electron chi connectivity index (χ3n) is 3.36. The zero-order chi connectivity index (χ0) is 14.1. The van der Waals surface area contributed by atoms with Crippen LogP contribution in [0.3, 0.4) is 0 Å². The Kier molecular flexibility index (Phi) is 4.28. The number of aromatic carboxylic acids is 1. The quantitative estimate of drug-likeness (QED) is 0.828. The lowest BCUT2D eigenvalue weighted by Gasteiger charge is -2.36. The van der Waals surface area contributed by atoms with Gasteiger partial charge in [0.05, 0.1) is 10.0 Å². The van der Waals surface area contributed by atoms with E-state index in [1.807, 2.05) is 0 Å². The maximum absolute atomic E-state index is 11.1. The molecule has 0 heterocycles. The molecule has 0 fully saturated rings. The Hall–Kier alpha value is -0.813. The Balaban J connectivity index is 3.14. The lowest BCUT2D eigenvalue weighted by molar-refractivity contribution is 0.0695. The Morgan fingerprint density at radius 1 is 1.33 bits per heavy atom. The van der Waals surface area contributed by atoms with Crippen LogP contribution in [0.2, 0.25) is 18.1 Å². The van der Waals surface area contributed by atoms with Crippen molar-refractivity contribution in [3.8, 4) is 5.75 Å². The van der Waals surface area contributed by atoms with Crippen LogP contribution >= 0.6 is 15.9 Å². The van der Waals surface area contributed by atoms with E-state index in [9.17, 15) is 4.79 Å². The molecule has 0 aliphatic carbocycles. The molecule has 0 saturated heterocycles. The Morgan fingerprint density at radius 3 is 2.33 bits per heavy atom. The fraction of sp³-hybridized carbons (Fsp3) is 0.462. The molecule has 1 aromatic carbocycles. The summed E-state index contributed by atoms with van der Waals surface area (Å²) in [7, 11) is -1.96. The number of halogens is 1. The molecule has 0 unspecified atom stereocenters. The van der Waals surface area contributed by atoms with Gasteiger partial charge in [0, 0.05) is 0 Å². The van der Waals surface area contributed by atoms with Crippen molar-refractivity contribution >= 4 is 30.2 Å². The zero-order valence-corrected chi connectivity index (χ0v) is 14.0. The maximum atomic E-state index is 11.1. The lowest BCUT2D eigenvalue weighted by atomic mass is 10.2. The summed E-state index contributed by atoms with van der Waals surface area (Å²) in [5, 5.41) is 9.15. The minimum Gasteiger partial charge on any atom is -0.543 e. The fourth-order valence-corrected chi connectivity index (χ4v) is 2.87. The molecule has 0 aliphatic rings. The summed E-state index contributed by atoms with van der Waals surface area (Å²) in [6, 6.07) is 5.07. The second-order valence-corrected chi connectivity index (χ2v) is 11.3. The van der Waals surface area contributed by atoms with E-state index in [1.165, 1.54) is 0 Å². The minimum absolute atomic E-state index is 0.0751. The average Bonchev–Trinajstić information content (AvgIpc) is 2.18. The van der Waals surface area contributed by atoms with Crippen LogP contribution in [0.5, 0.6) is 5.75 Å². The largest absolute Gasteiger partial charge is 0.543 e. The van der Waals surface area contributed by atoms with Gasteiger partial charge in [-0.15, -0.1) is 0 Å². The van der Waals surface area contributed by atoms with E-state index < -0.39 is 14.3 Å². The third-order valence-corrected chi connectivity index (χ3v) is 8.53. The highest BCUT2D eigenvalue weighted by molar-refractivity contribution is 9.10. The highest BCUT2D eigenvalue weighted by atomic mass is 79.9. The van der Waals surface area contributed by atoms with Crippen LogP contribution in [0, 0.1) is 0 Å². The van der Waals surface area contributed by atoms with E-state index in [0.717, 1.165) is 0 Å². The standard InChI is InChI=1S/C13H19BrO3Si/c1-13(2,3)18(4,5)17-10-8-6-7-9(11(10)14)12(15)16/h6-8H,1-5H3,(H,15,16). The van der Waals surface area contributed by atoms with E-state index >= 15 is 0 Å². The number of carboxylic acids is 1. The van der Waals surface area contributed by atoms with Crippen molar-refractivity contribution in [1.82, 2.24) is 0 Å². The van der Waals surface area contributed by atoms with E-state index in [1.54, 1.807) is 18.2 Å². The molecule has 1 rings (SSSR count). The highest BCUT2D eigenvalue weighted by Gasteiger charge is 2.39. The van der Waals surface area contributed by atoms with Crippen LogP contribution in [-0.2, 0) is 0 Å². The van der Waals surface area contributed by atoms with Crippen LogP contribution in [0.25, 0.3) is 0 Å². The van der Waals surface area contributed by atoms with Crippen LogP contribution in [-0.4, -0.2) is 19.4 Å². The molecule has 0 amide bonds. The van der Waals surface area contributed by atoms with E-state index in [0.29, 0.717) is 10.2 Å². The summed E-state index contributed by atoms with van der Waals surface area (Å²) in [5.41, 5.74) is 0.228. The molecule has 0 atom stereocenters. The molecule has 100 valence electrons. The molecule has 0 aromatic heterocycles. The van der Waals surface area contributed by atoms with Gasteiger partial charge >= 0.3 is 5.97 Å². The van der Waals surface area contributed by atoms with Crippen molar-refractivity contribution in [2.75, 3.05) is 0 Å². The molecule has 0 bridgehead atoms. The second kappa shape index (κ2) is 5.05. The van der Waals surface area contributed by atoms with E-state index in [4.69, 9.17) is 9.53 Å². The molecule has 3 nitrogen and oxygen atoms in total. The fourth-order valence-electron chi connectivity index (χ4n) is 1.18. The molecule has 18 heavy (non-hydrogen) atoms. The summed E-state index contributed by atoms with van der Waals surface area (Å²) in [6.07, 6.45) is 0. The Bertz CT molecular complexity index is 464. The summed E-state index contributed by atoms with van der Waals surface area (Å²) in [4.78, 5) is 11.1. The molecule has 0 saturated carbocycles. The van der Waals surface area contributed by atoms with Gasteiger partial charge in [-0.3, -0.25) is 0 Å². The second-order valence-electron chi connectivity index (χ2n) is 5.79. The van der Waals surface area contributed by atoms with Gasteiger partial charge in [0.2, 0.25) is 0 Å². The number of carboxylic acid groups (broad SMARTS) is 1. The SMILES string of the molecule is CC(C)(C)[Si](C)(C)Oc1cccc(C(=O)O)c1Br. The van der Waals surface area contributed by atoms with E-state index in [-0.39, 0.29) is 10.6 Å². The number of carbonyl (C=O) groups is 1. The van der Waals surface area contributed by atoms with Crippen molar-refractivity contribution in [3.63, 3.8) is 0 Å². The van der Waals surface area contributed by atoms with Crippen molar-refractivity contribution < 1.29 is 14.3 Å². The number of hydrogen-bond donors (Lipinski definition) is 1. The molecule has 1 aromatic rings. The molecular formula is C13H19BrO3Si. The van der Waals surface area contributed by atoms with Gasteiger partial charge in [-0.05, 0) is 46.2 Å². The smallest absolute Gasteiger partial charge is 0.336 e. The lowest BCUT2D eigenvalue weighted by Crippen LogP contribution is -2.44. The minimum atomic E-state index is -1.96. The number of benzene rings is 1. The predicted molar refractivity (Wildman–Crippen MR) is 78.9 cm³/mol. The van der Waals surface area contributed by atoms with Crippen molar-refractivity contribution in [3.05, 3.63) is 28.2 Å². The van der Waals surface area contributed by atoms with Gasteiger partial charge in [0.25, 0.3) is 8.32 Å². The van der Waals surface area contributed by atoms with Gasteiger partial charge in [0.1, 0.15) is 5.75 Å². The topological polar surface area (TPSA) is 46.5 Å². The van der Waals surface area contributed by atoms with Crippen LogP contribution in [0.4, 0.5) is 0 Å². The first-order valence-electron chi connectivity index (χ1n) is 5.77. The summed E-state index contributed by atoms with van der Waals surface area (Å²) < 4.78 is 6.63. The Labute approximate surface area is 117 Å². The molecule has 1 N–H and O–H groups in total. The Morgan fingerprint density at radius 2 is 1.89 bits per heavy atom. The predicted octanol–water partition coefficient (Wildman–Crippen LogP) is 4.53. The monoisotopic (exact) mass is 330 g/mol. The molecular weight excluding hydrogens is 312 g/mol. The van der Waals surface area contributed by atoms with Crippen molar-refractivity contribution in [1.29, 1.82) is 0 Å². The maximum Gasteiger partial charge on any atom is 0.336 e. The van der Waals surface area contributed by atoms with Crippen molar-refractivity contribution in [2.24, 2.45) is 0 Å².